The van der Waals surface area contributed by atoms with Crippen LogP contribution in [0.2, 0.25) is 0 Å². The Bertz CT molecular complexity index is 1050. The molecule has 3 heterocycles. The van der Waals surface area contributed by atoms with Crippen LogP contribution < -0.4 is 0 Å². The highest BCUT2D eigenvalue weighted by molar-refractivity contribution is 7.18. The van der Waals surface area contributed by atoms with Crippen molar-refractivity contribution in [3.8, 4) is 6.07 Å². The SMILES string of the molecule is CC(c1nc2ccccc2s1)N(C)Cc1cn2ccccc2c1C#N. The number of hydrogen-bond acceptors (Lipinski definition) is 4. The molecule has 0 bridgehead atoms. The van der Waals surface area contributed by atoms with Crippen molar-refractivity contribution in [2.24, 2.45) is 0 Å². The second kappa shape index (κ2) is 6.32. The minimum atomic E-state index is 0.187. The topological polar surface area (TPSA) is 44.3 Å². The second-order valence-corrected chi connectivity index (χ2v) is 7.31. The van der Waals surface area contributed by atoms with E-state index in [0.29, 0.717) is 6.54 Å². The first-order chi connectivity index (χ1) is 12.2. The number of fused-ring (bicyclic) bond motifs is 2. The van der Waals surface area contributed by atoms with Crippen molar-refractivity contribution in [1.29, 1.82) is 5.26 Å². The monoisotopic (exact) mass is 346 g/mol. The van der Waals surface area contributed by atoms with E-state index >= 15 is 0 Å². The van der Waals surface area contributed by atoms with E-state index in [1.165, 1.54) is 4.70 Å². The van der Waals surface area contributed by atoms with Gasteiger partial charge < -0.3 is 4.40 Å². The molecule has 4 aromatic rings. The van der Waals surface area contributed by atoms with E-state index in [2.05, 4.69) is 43.3 Å². The lowest BCUT2D eigenvalue weighted by atomic mass is 10.1. The average Bonchev–Trinajstić information content (AvgIpc) is 3.21. The van der Waals surface area contributed by atoms with Crippen LogP contribution in [0.4, 0.5) is 0 Å². The molecule has 5 heteroatoms. The molecule has 1 aromatic carbocycles. The fraction of sp³-hybridized carbons (Fsp3) is 0.200. The van der Waals surface area contributed by atoms with Gasteiger partial charge in [-0.05, 0) is 38.2 Å². The van der Waals surface area contributed by atoms with Crippen LogP contribution in [-0.2, 0) is 6.54 Å². The van der Waals surface area contributed by atoms with Crippen LogP contribution in [0.1, 0.15) is 29.1 Å². The molecule has 25 heavy (non-hydrogen) atoms. The third-order valence-corrected chi connectivity index (χ3v) is 5.83. The summed E-state index contributed by atoms with van der Waals surface area (Å²) < 4.78 is 3.23. The minimum absolute atomic E-state index is 0.187. The molecule has 0 aliphatic carbocycles. The maximum atomic E-state index is 9.58. The van der Waals surface area contributed by atoms with Crippen LogP contribution in [0.25, 0.3) is 15.7 Å². The quantitative estimate of drug-likeness (QED) is 0.542. The molecular weight excluding hydrogens is 328 g/mol. The van der Waals surface area contributed by atoms with E-state index in [1.54, 1.807) is 11.3 Å². The number of nitriles is 1. The molecule has 0 fully saturated rings. The zero-order valence-corrected chi connectivity index (χ0v) is 15.0. The fourth-order valence-electron chi connectivity index (χ4n) is 3.09. The van der Waals surface area contributed by atoms with Gasteiger partial charge in [0.15, 0.2) is 0 Å². The Morgan fingerprint density at radius 2 is 2.04 bits per heavy atom. The number of aromatic nitrogens is 2. The summed E-state index contributed by atoms with van der Waals surface area (Å²) in [6.07, 6.45) is 4.03. The van der Waals surface area contributed by atoms with Crippen molar-refractivity contribution in [2.75, 3.05) is 7.05 Å². The lowest BCUT2D eigenvalue weighted by Gasteiger charge is -2.22. The highest BCUT2D eigenvalue weighted by Crippen LogP contribution is 2.30. The molecule has 4 rings (SSSR count). The van der Waals surface area contributed by atoms with Crippen LogP contribution in [0.3, 0.4) is 0 Å². The summed E-state index contributed by atoms with van der Waals surface area (Å²) in [5.74, 6) is 0. The summed E-state index contributed by atoms with van der Waals surface area (Å²) in [6.45, 7) is 2.88. The van der Waals surface area contributed by atoms with Gasteiger partial charge in [0.1, 0.15) is 11.1 Å². The number of benzene rings is 1. The van der Waals surface area contributed by atoms with E-state index in [4.69, 9.17) is 4.98 Å². The number of para-hydroxylation sites is 1. The van der Waals surface area contributed by atoms with E-state index in [0.717, 1.165) is 27.2 Å². The third-order valence-electron chi connectivity index (χ3n) is 4.62. The lowest BCUT2D eigenvalue weighted by molar-refractivity contribution is 0.252. The van der Waals surface area contributed by atoms with Gasteiger partial charge in [0.2, 0.25) is 0 Å². The minimum Gasteiger partial charge on any atom is -0.322 e. The predicted molar refractivity (Wildman–Crippen MR) is 102 cm³/mol. The van der Waals surface area contributed by atoms with E-state index in [-0.39, 0.29) is 6.04 Å². The Labute approximate surface area is 150 Å². The summed E-state index contributed by atoms with van der Waals surface area (Å²) in [7, 11) is 2.08. The summed E-state index contributed by atoms with van der Waals surface area (Å²) in [5, 5.41) is 10.7. The maximum Gasteiger partial charge on any atom is 0.111 e. The molecule has 0 aliphatic rings. The van der Waals surface area contributed by atoms with Crippen molar-refractivity contribution in [3.63, 3.8) is 0 Å². The first-order valence-corrected chi connectivity index (χ1v) is 9.03. The Morgan fingerprint density at radius 1 is 1.24 bits per heavy atom. The van der Waals surface area contributed by atoms with Gasteiger partial charge in [0.05, 0.1) is 27.3 Å². The van der Waals surface area contributed by atoms with Gasteiger partial charge >= 0.3 is 0 Å². The molecule has 1 atom stereocenters. The van der Waals surface area contributed by atoms with E-state index in [1.807, 2.05) is 40.9 Å². The van der Waals surface area contributed by atoms with Crippen LogP contribution in [0.5, 0.6) is 0 Å². The summed E-state index contributed by atoms with van der Waals surface area (Å²) in [6, 6.07) is 16.7. The Hall–Kier alpha value is -2.68. The normalized spacial score (nSPS) is 12.7. The van der Waals surface area contributed by atoms with Crippen molar-refractivity contribution in [2.45, 2.75) is 19.5 Å². The van der Waals surface area contributed by atoms with Gasteiger partial charge in [-0.15, -0.1) is 11.3 Å². The number of rotatable bonds is 4. The molecule has 0 amide bonds. The van der Waals surface area contributed by atoms with Crippen molar-refractivity contribution in [1.82, 2.24) is 14.3 Å². The molecule has 0 saturated carbocycles. The first kappa shape index (κ1) is 15.8. The molecule has 1 unspecified atom stereocenters. The molecule has 124 valence electrons. The van der Waals surface area contributed by atoms with Crippen LogP contribution in [-0.4, -0.2) is 21.3 Å². The van der Waals surface area contributed by atoms with Crippen LogP contribution in [0, 0.1) is 11.3 Å². The van der Waals surface area contributed by atoms with Gasteiger partial charge in [-0.2, -0.15) is 5.26 Å². The zero-order valence-electron chi connectivity index (χ0n) is 14.2. The van der Waals surface area contributed by atoms with Gasteiger partial charge in [0, 0.05) is 24.5 Å². The first-order valence-electron chi connectivity index (χ1n) is 8.21. The number of pyridine rings is 1. The molecule has 4 nitrogen and oxygen atoms in total. The molecule has 0 spiro atoms. The van der Waals surface area contributed by atoms with E-state index in [9.17, 15) is 5.26 Å². The zero-order chi connectivity index (χ0) is 17.4. The van der Waals surface area contributed by atoms with Crippen molar-refractivity contribution < 1.29 is 0 Å². The average molecular weight is 346 g/mol. The van der Waals surface area contributed by atoms with Crippen LogP contribution in [0.15, 0.2) is 54.9 Å². The maximum absolute atomic E-state index is 9.58. The number of hydrogen-bond donors (Lipinski definition) is 0. The summed E-state index contributed by atoms with van der Waals surface area (Å²) >= 11 is 1.74. The Morgan fingerprint density at radius 3 is 2.84 bits per heavy atom. The molecular formula is C20H18N4S. The molecule has 0 radical (unpaired) electrons. The van der Waals surface area contributed by atoms with Crippen molar-refractivity contribution >= 4 is 27.1 Å². The largest absolute Gasteiger partial charge is 0.322 e. The molecule has 3 aromatic heterocycles. The van der Waals surface area contributed by atoms with Gasteiger partial charge in [-0.1, -0.05) is 18.2 Å². The van der Waals surface area contributed by atoms with Crippen LogP contribution >= 0.6 is 11.3 Å². The molecule has 0 N–H and O–H groups in total. The fourth-order valence-corrected chi connectivity index (χ4v) is 4.17. The third kappa shape index (κ3) is 2.80. The number of nitrogens with zero attached hydrogens (tertiary/aromatic N) is 4. The highest BCUT2D eigenvalue weighted by atomic mass is 32.1. The smallest absolute Gasteiger partial charge is 0.111 e. The van der Waals surface area contributed by atoms with Crippen molar-refractivity contribution in [3.05, 3.63) is 71.0 Å². The number of thiazole rings is 1. The molecule has 0 aliphatic heterocycles. The Balaban J connectivity index is 1.63. The standard InChI is InChI=1S/C20H18N4S/c1-14(20-22-17-7-3-4-9-19(17)25-20)23(2)12-15-13-24-10-6-5-8-18(24)16(15)11-21/h3-10,13-14H,12H2,1-2H3. The van der Waals surface area contributed by atoms with Gasteiger partial charge in [0.25, 0.3) is 0 Å². The van der Waals surface area contributed by atoms with E-state index < -0.39 is 0 Å². The summed E-state index contributed by atoms with van der Waals surface area (Å²) in [5.41, 5.74) is 3.81. The van der Waals surface area contributed by atoms with Gasteiger partial charge in [-0.3, -0.25) is 4.90 Å². The van der Waals surface area contributed by atoms with Gasteiger partial charge in [-0.25, -0.2) is 4.98 Å². The summed E-state index contributed by atoms with van der Waals surface area (Å²) in [4.78, 5) is 7.01. The second-order valence-electron chi connectivity index (χ2n) is 6.25. The Kier molecular flexibility index (Phi) is 4.00. The predicted octanol–water partition coefficient (Wildman–Crippen LogP) is 4.61. The molecule has 0 saturated heterocycles. The highest BCUT2D eigenvalue weighted by Gasteiger charge is 2.19. The lowest BCUT2D eigenvalue weighted by Crippen LogP contribution is -2.22.